The van der Waals surface area contributed by atoms with Gasteiger partial charge in [-0.1, -0.05) is 12.1 Å². The summed E-state index contributed by atoms with van der Waals surface area (Å²) in [6, 6.07) is 9.57. The van der Waals surface area contributed by atoms with Crippen LogP contribution in [0.5, 0.6) is 0 Å². The highest BCUT2D eigenvalue weighted by atomic mass is 32.2. The van der Waals surface area contributed by atoms with Crippen molar-refractivity contribution in [3.63, 3.8) is 0 Å². The highest BCUT2D eigenvalue weighted by molar-refractivity contribution is 7.99. The van der Waals surface area contributed by atoms with Crippen LogP contribution in [0.3, 0.4) is 0 Å². The minimum atomic E-state index is -0.0162. The molecule has 0 atom stereocenters. The first kappa shape index (κ1) is 12.9. The van der Waals surface area contributed by atoms with Gasteiger partial charge in [-0.15, -0.1) is 11.8 Å². The molecule has 0 fully saturated rings. The van der Waals surface area contributed by atoms with Crippen LogP contribution in [0.1, 0.15) is 0 Å². The summed E-state index contributed by atoms with van der Waals surface area (Å²) in [4.78, 5) is 12.4. The smallest absolute Gasteiger partial charge is 0.234 e. The Morgan fingerprint density at radius 2 is 2.25 bits per heavy atom. The van der Waals surface area contributed by atoms with Crippen LogP contribution in [-0.2, 0) is 4.79 Å². The molecule has 1 amide bonds. The molecule has 5 heteroatoms. The predicted octanol–water partition coefficient (Wildman–Crippen LogP) is 2.60. The average molecular weight is 252 g/mol. The predicted molar refractivity (Wildman–Crippen MR) is 69.8 cm³/mol. The van der Waals surface area contributed by atoms with Gasteiger partial charge in [0, 0.05) is 4.90 Å². The minimum Gasteiger partial charge on any atom is -0.324 e. The van der Waals surface area contributed by atoms with Crippen LogP contribution >= 0.6 is 23.5 Å². The van der Waals surface area contributed by atoms with Crippen molar-refractivity contribution in [2.24, 2.45) is 0 Å². The van der Waals surface area contributed by atoms with Crippen LogP contribution in [0.25, 0.3) is 0 Å². The molecule has 0 aliphatic rings. The second-order valence-electron chi connectivity index (χ2n) is 2.92. The lowest BCUT2D eigenvalue weighted by Gasteiger charge is -2.08. The summed E-state index contributed by atoms with van der Waals surface area (Å²) in [5, 5.41) is 11.4. The van der Waals surface area contributed by atoms with Gasteiger partial charge in [-0.25, -0.2) is 0 Å². The number of nitrogens with one attached hydrogen (secondary N) is 1. The lowest BCUT2D eigenvalue weighted by Crippen LogP contribution is -2.14. The maximum Gasteiger partial charge on any atom is 0.234 e. The van der Waals surface area contributed by atoms with Crippen LogP contribution in [0.4, 0.5) is 5.69 Å². The Balaban J connectivity index is 2.71. The van der Waals surface area contributed by atoms with Crippen molar-refractivity contribution in [1.82, 2.24) is 0 Å². The van der Waals surface area contributed by atoms with E-state index in [0.717, 1.165) is 10.6 Å². The third-order valence-electron chi connectivity index (χ3n) is 1.73. The molecule has 0 aliphatic heterocycles. The Kier molecular flexibility index (Phi) is 5.83. The second-order valence-corrected chi connectivity index (χ2v) is 4.81. The average Bonchev–Trinajstić information content (AvgIpc) is 2.28. The number of amides is 1. The number of nitriles is 1. The molecule has 84 valence electrons. The maximum absolute atomic E-state index is 11.4. The Morgan fingerprint density at radius 3 is 2.94 bits per heavy atom. The summed E-state index contributed by atoms with van der Waals surface area (Å²) in [5.74, 6) is 0.810. The minimum absolute atomic E-state index is 0.0162. The molecule has 0 aliphatic carbocycles. The first-order valence-corrected chi connectivity index (χ1v) is 7.03. The van der Waals surface area contributed by atoms with E-state index in [1.807, 2.05) is 30.5 Å². The molecule has 0 radical (unpaired) electrons. The zero-order chi connectivity index (χ0) is 11.8. The van der Waals surface area contributed by atoms with E-state index >= 15 is 0 Å². The fourth-order valence-electron chi connectivity index (χ4n) is 1.12. The van der Waals surface area contributed by atoms with Gasteiger partial charge >= 0.3 is 0 Å². The Bertz CT molecular complexity index is 401. The van der Waals surface area contributed by atoms with E-state index in [1.54, 1.807) is 0 Å². The third kappa shape index (κ3) is 4.17. The van der Waals surface area contributed by atoms with Gasteiger partial charge in [0.1, 0.15) is 0 Å². The number of carbonyl (C=O) groups excluding carboxylic acids is 1. The van der Waals surface area contributed by atoms with Crippen molar-refractivity contribution >= 4 is 35.1 Å². The normalized spacial score (nSPS) is 9.50. The number of thioether (sulfide) groups is 2. The molecule has 0 bridgehead atoms. The zero-order valence-electron chi connectivity index (χ0n) is 8.90. The first-order chi connectivity index (χ1) is 7.77. The fraction of sp³-hybridized carbons (Fsp3) is 0.273. The second kappa shape index (κ2) is 7.20. The molecule has 16 heavy (non-hydrogen) atoms. The van der Waals surface area contributed by atoms with Crippen molar-refractivity contribution in [1.29, 1.82) is 5.26 Å². The van der Waals surface area contributed by atoms with Crippen LogP contribution in [0.15, 0.2) is 29.2 Å². The quantitative estimate of drug-likeness (QED) is 0.818. The number of para-hydroxylation sites is 1. The van der Waals surface area contributed by atoms with Crippen molar-refractivity contribution < 1.29 is 4.79 Å². The number of benzene rings is 1. The van der Waals surface area contributed by atoms with Gasteiger partial charge in [-0.05, 0) is 18.4 Å². The van der Waals surface area contributed by atoms with Crippen molar-refractivity contribution in [3.05, 3.63) is 24.3 Å². The maximum atomic E-state index is 11.4. The van der Waals surface area contributed by atoms with Gasteiger partial charge in [-0.2, -0.15) is 17.0 Å². The number of anilines is 1. The van der Waals surface area contributed by atoms with Crippen molar-refractivity contribution in [2.75, 3.05) is 23.1 Å². The molecule has 0 saturated heterocycles. The van der Waals surface area contributed by atoms with E-state index in [0.29, 0.717) is 11.5 Å². The van der Waals surface area contributed by atoms with Gasteiger partial charge in [0.15, 0.2) is 0 Å². The molecular formula is C11H12N2OS2. The van der Waals surface area contributed by atoms with Crippen LogP contribution < -0.4 is 5.32 Å². The molecule has 0 saturated carbocycles. The Hall–Kier alpha value is -1.12. The van der Waals surface area contributed by atoms with Gasteiger partial charge in [-0.3, -0.25) is 4.79 Å². The summed E-state index contributed by atoms with van der Waals surface area (Å²) >= 11 is 2.91. The van der Waals surface area contributed by atoms with Gasteiger partial charge < -0.3 is 5.32 Å². The van der Waals surface area contributed by atoms with Crippen molar-refractivity contribution in [3.8, 4) is 6.07 Å². The number of rotatable bonds is 5. The molecule has 0 aromatic heterocycles. The monoisotopic (exact) mass is 252 g/mol. The molecule has 0 heterocycles. The fourth-order valence-corrected chi connectivity index (χ4v) is 2.13. The lowest BCUT2D eigenvalue weighted by molar-refractivity contribution is -0.113. The summed E-state index contributed by atoms with van der Waals surface area (Å²) in [5.41, 5.74) is 0.779. The number of carbonyl (C=O) groups is 1. The van der Waals surface area contributed by atoms with E-state index in [4.69, 9.17) is 5.26 Å². The number of hydrogen-bond donors (Lipinski definition) is 1. The van der Waals surface area contributed by atoms with Gasteiger partial charge in [0.25, 0.3) is 0 Å². The van der Waals surface area contributed by atoms with Crippen LogP contribution in [0, 0.1) is 11.3 Å². The van der Waals surface area contributed by atoms with E-state index in [9.17, 15) is 4.79 Å². The van der Waals surface area contributed by atoms with Crippen molar-refractivity contribution in [2.45, 2.75) is 4.90 Å². The van der Waals surface area contributed by atoms with E-state index < -0.39 is 0 Å². The number of nitrogens with zero attached hydrogens (tertiary/aromatic N) is 1. The highest BCUT2D eigenvalue weighted by Gasteiger charge is 2.05. The van der Waals surface area contributed by atoms with E-state index in [-0.39, 0.29) is 5.91 Å². The third-order valence-corrected chi connectivity index (χ3v) is 3.22. The van der Waals surface area contributed by atoms with Gasteiger partial charge in [0.05, 0.1) is 23.3 Å². The molecule has 3 nitrogen and oxygen atoms in total. The molecule has 1 aromatic carbocycles. The van der Waals surface area contributed by atoms with Crippen LogP contribution in [0.2, 0.25) is 0 Å². The molecular weight excluding hydrogens is 240 g/mol. The van der Waals surface area contributed by atoms with E-state index in [1.165, 1.54) is 23.5 Å². The number of hydrogen-bond acceptors (Lipinski definition) is 4. The summed E-state index contributed by atoms with van der Waals surface area (Å²) in [6.07, 6.45) is 1.88. The standard InChI is InChI=1S/C11H12N2OS2/c1-15-8-11(14)13-9-4-2-3-5-10(9)16-7-6-12/h2-5H,7-8H2,1H3,(H,13,14). The topological polar surface area (TPSA) is 52.9 Å². The SMILES string of the molecule is CSCC(=O)Nc1ccccc1SCC#N. The Morgan fingerprint density at radius 1 is 1.50 bits per heavy atom. The molecule has 1 N–H and O–H groups in total. The molecule has 1 aromatic rings. The van der Waals surface area contributed by atoms with Crippen LogP contribution in [-0.4, -0.2) is 23.7 Å². The molecule has 0 spiro atoms. The molecule has 0 unspecified atom stereocenters. The summed E-state index contributed by atoms with van der Waals surface area (Å²) in [7, 11) is 0. The largest absolute Gasteiger partial charge is 0.324 e. The van der Waals surface area contributed by atoms with E-state index in [2.05, 4.69) is 11.4 Å². The first-order valence-electron chi connectivity index (χ1n) is 4.65. The zero-order valence-corrected chi connectivity index (χ0v) is 10.5. The molecule has 1 rings (SSSR count). The van der Waals surface area contributed by atoms with Gasteiger partial charge in [0.2, 0.25) is 5.91 Å². The lowest BCUT2D eigenvalue weighted by atomic mass is 10.3. The summed E-state index contributed by atoms with van der Waals surface area (Å²) < 4.78 is 0. The summed E-state index contributed by atoms with van der Waals surface area (Å²) in [6.45, 7) is 0. The highest BCUT2D eigenvalue weighted by Crippen LogP contribution is 2.26. The Labute approximate surface area is 104 Å².